The Hall–Kier alpha value is -1.45. The van der Waals surface area contributed by atoms with Gasteiger partial charge in [0.25, 0.3) is 0 Å². The molecule has 9 heteroatoms. The number of sulfonamides is 1. The van der Waals surface area contributed by atoms with E-state index >= 15 is 0 Å². The molecule has 0 amide bonds. The van der Waals surface area contributed by atoms with Crippen LogP contribution >= 0.6 is 0 Å². The quantitative estimate of drug-likeness (QED) is 0.774. The lowest BCUT2D eigenvalue weighted by atomic mass is 10.2. The van der Waals surface area contributed by atoms with Crippen LogP contribution in [0.15, 0.2) is 28.0 Å². The molecule has 1 aromatic rings. The average Bonchev–Trinajstić information content (AvgIpc) is 3.17. The number of carbonyl (C=O) groups excluding carboxylic acids is 1. The van der Waals surface area contributed by atoms with Gasteiger partial charge in [0.2, 0.25) is 10.0 Å². The molecule has 0 spiro atoms. The van der Waals surface area contributed by atoms with Crippen LogP contribution in [0.4, 0.5) is 0 Å². The van der Waals surface area contributed by atoms with Crippen LogP contribution in [-0.2, 0) is 24.6 Å². The van der Waals surface area contributed by atoms with Gasteiger partial charge in [-0.3, -0.25) is 0 Å². The first kappa shape index (κ1) is 15.9. The topological polar surface area (TPSA) is 121 Å². The van der Waals surface area contributed by atoms with Crippen LogP contribution in [0.1, 0.15) is 23.2 Å². The van der Waals surface area contributed by atoms with Crippen molar-refractivity contribution in [2.75, 3.05) is 12.9 Å². The second kappa shape index (κ2) is 5.39. The third kappa shape index (κ3) is 4.26. The zero-order chi connectivity index (χ0) is 15.8. The fourth-order valence-electron chi connectivity index (χ4n) is 1.63. The highest BCUT2D eigenvalue weighted by molar-refractivity contribution is 7.91. The predicted molar refractivity (Wildman–Crippen MR) is 73.9 cm³/mol. The van der Waals surface area contributed by atoms with Crippen molar-refractivity contribution in [3.8, 4) is 0 Å². The maximum atomic E-state index is 11.9. The van der Waals surface area contributed by atoms with Gasteiger partial charge in [-0.05, 0) is 37.0 Å². The number of primary sulfonamides is 1. The lowest BCUT2D eigenvalue weighted by Gasteiger charge is -2.08. The van der Waals surface area contributed by atoms with Crippen molar-refractivity contribution in [2.45, 2.75) is 22.6 Å². The maximum absolute atomic E-state index is 11.9. The number of hydrogen-bond donors (Lipinski definition) is 1. The number of ether oxygens (including phenoxy) is 1. The highest BCUT2D eigenvalue weighted by Gasteiger charge is 2.24. The Balaban J connectivity index is 2.41. The molecular formula is C12H15NO6S2. The van der Waals surface area contributed by atoms with E-state index in [9.17, 15) is 21.6 Å². The van der Waals surface area contributed by atoms with E-state index in [1.807, 2.05) is 0 Å². The molecule has 1 fully saturated rings. The van der Waals surface area contributed by atoms with E-state index in [2.05, 4.69) is 0 Å². The molecule has 0 atom stereocenters. The van der Waals surface area contributed by atoms with Crippen molar-refractivity contribution in [3.05, 3.63) is 23.8 Å². The summed E-state index contributed by atoms with van der Waals surface area (Å²) in [6.07, 6.45) is 2.88. The zero-order valence-electron chi connectivity index (χ0n) is 11.3. The molecule has 7 nitrogen and oxygen atoms in total. The van der Waals surface area contributed by atoms with Crippen LogP contribution < -0.4 is 5.14 Å². The highest BCUT2D eigenvalue weighted by atomic mass is 32.2. The fourth-order valence-corrected chi connectivity index (χ4v) is 2.97. The number of rotatable bonds is 5. The standard InChI is InChI=1S/C12H15NO6S2/c1-20(15,16)10-4-9(5-11(6-10)21(13,17)18)12(14)19-7-8-2-3-8/h4-6,8H,2-3,7H2,1H3,(H2,13,17,18). The second-order valence-electron chi connectivity index (χ2n) is 5.05. The lowest BCUT2D eigenvalue weighted by Crippen LogP contribution is -2.15. The summed E-state index contributed by atoms with van der Waals surface area (Å²) in [6, 6.07) is 3.01. The molecule has 116 valence electrons. The van der Waals surface area contributed by atoms with E-state index in [1.165, 1.54) is 0 Å². The van der Waals surface area contributed by atoms with Gasteiger partial charge in [-0.1, -0.05) is 0 Å². The minimum absolute atomic E-state index is 0.150. The molecule has 0 radical (unpaired) electrons. The van der Waals surface area contributed by atoms with Crippen LogP contribution in [0, 0.1) is 5.92 Å². The van der Waals surface area contributed by atoms with Gasteiger partial charge in [-0.25, -0.2) is 26.8 Å². The Labute approximate surface area is 123 Å². The number of carbonyl (C=O) groups is 1. The van der Waals surface area contributed by atoms with Crippen molar-refractivity contribution in [2.24, 2.45) is 11.1 Å². The van der Waals surface area contributed by atoms with E-state index in [4.69, 9.17) is 9.88 Å². The molecule has 2 N–H and O–H groups in total. The molecule has 1 aliphatic carbocycles. The molecule has 1 saturated carbocycles. The molecule has 0 unspecified atom stereocenters. The third-order valence-electron chi connectivity index (χ3n) is 3.02. The molecule has 0 bridgehead atoms. The van der Waals surface area contributed by atoms with Crippen molar-refractivity contribution >= 4 is 25.8 Å². The Morgan fingerprint density at radius 2 is 1.76 bits per heavy atom. The molecule has 1 aliphatic rings. The van der Waals surface area contributed by atoms with Crippen LogP contribution in [0.2, 0.25) is 0 Å². The number of nitrogens with two attached hydrogens (primary N) is 1. The number of hydrogen-bond acceptors (Lipinski definition) is 6. The minimum Gasteiger partial charge on any atom is -0.462 e. The van der Waals surface area contributed by atoms with E-state index in [-0.39, 0.29) is 17.1 Å². The van der Waals surface area contributed by atoms with Gasteiger partial charge in [0, 0.05) is 6.26 Å². The molecule has 2 rings (SSSR count). The van der Waals surface area contributed by atoms with Crippen molar-refractivity contribution in [1.29, 1.82) is 0 Å². The summed E-state index contributed by atoms with van der Waals surface area (Å²) >= 11 is 0. The largest absolute Gasteiger partial charge is 0.462 e. The van der Waals surface area contributed by atoms with Gasteiger partial charge in [-0.2, -0.15) is 0 Å². The van der Waals surface area contributed by atoms with Crippen LogP contribution in [-0.4, -0.2) is 35.7 Å². The monoisotopic (exact) mass is 333 g/mol. The molecule has 1 aromatic carbocycles. The molecule has 0 aliphatic heterocycles. The van der Waals surface area contributed by atoms with Gasteiger partial charge in [0.05, 0.1) is 22.0 Å². The molecular weight excluding hydrogens is 318 g/mol. The third-order valence-corrected chi connectivity index (χ3v) is 5.00. The molecule has 21 heavy (non-hydrogen) atoms. The summed E-state index contributed by atoms with van der Waals surface area (Å²) in [5.74, 6) is -0.429. The van der Waals surface area contributed by atoms with E-state index in [1.54, 1.807) is 0 Å². The van der Waals surface area contributed by atoms with Crippen LogP contribution in [0.5, 0.6) is 0 Å². The fraction of sp³-hybridized carbons (Fsp3) is 0.417. The van der Waals surface area contributed by atoms with Crippen LogP contribution in [0.3, 0.4) is 0 Å². The van der Waals surface area contributed by atoms with Gasteiger partial charge in [0.1, 0.15) is 0 Å². The Morgan fingerprint density at radius 3 is 2.24 bits per heavy atom. The van der Waals surface area contributed by atoms with Crippen molar-refractivity contribution < 1.29 is 26.4 Å². The van der Waals surface area contributed by atoms with Gasteiger partial charge >= 0.3 is 5.97 Å². The predicted octanol–water partition coefficient (Wildman–Crippen LogP) is 0.304. The lowest BCUT2D eigenvalue weighted by molar-refractivity contribution is 0.0485. The Morgan fingerprint density at radius 1 is 1.19 bits per heavy atom. The average molecular weight is 333 g/mol. The number of esters is 1. The number of benzene rings is 1. The van der Waals surface area contributed by atoms with Gasteiger partial charge < -0.3 is 4.74 Å². The summed E-state index contributed by atoms with van der Waals surface area (Å²) in [6.45, 7) is 0.243. The summed E-state index contributed by atoms with van der Waals surface area (Å²) in [5.41, 5.74) is -0.150. The molecule has 0 saturated heterocycles. The summed E-state index contributed by atoms with van der Waals surface area (Å²) in [7, 11) is -7.82. The molecule has 0 heterocycles. The summed E-state index contributed by atoms with van der Waals surface area (Å²) in [4.78, 5) is 11.1. The second-order valence-corrected chi connectivity index (χ2v) is 8.63. The Kier molecular flexibility index (Phi) is 4.09. The minimum atomic E-state index is -4.13. The van der Waals surface area contributed by atoms with Gasteiger partial charge in [-0.15, -0.1) is 0 Å². The summed E-state index contributed by atoms with van der Waals surface area (Å²) < 4.78 is 51.0. The molecule has 0 aromatic heterocycles. The summed E-state index contributed by atoms with van der Waals surface area (Å²) in [5, 5.41) is 5.00. The van der Waals surface area contributed by atoms with E-state index in [0.29, 0.717) is 5.92 Å². The maximum Gasteiger partial charge on any atom is 0.338 e. The van der Waals surface area contributed by atoms with Crippen molar-refractivity contribution in [1.82, 2.24) is 0 Å². The first-order valence-electron chi connectivity index (χ1n) is 6.12. The number of sulfone groups is 1. The smallest absolute Gasteiger partial charge is 0.338 e. The van der Waals surface area contributed by atoms with Crippen LogP contribution in [0.25, 0.3) is 0 Å². The zero-order valence-corrected chi connectivity index (χ0v) is 12.9. The normalized spacial score (nSPS) is 15.7. The SMILES string of the molecule is CS(=O)(=O)c1cc(C(=O)OCC2CC2)cc(S(N)(=O)=O)c1. The first-order chi connectivity index (χ1) is 9.57. The first-order valence-corrected chi connectivity index (χ1v) is 9.56. The van der Waals surface area contributed by atoms with E-state index in [0.717, 1.165) is 37.3 Å². The highest BCUT2D eigenvalue weighted by Crippen LogP contribution is 2.29. The Bertz CT molecular complexity index is 728. The van der Waals surface area contributed by atoms with E-state index < -0.39 is 30.7 Å². The van der Waals surface area contributed by atoms with Gasteiger partial charge in [0.15, 0.2) is 9.84 Å². The van der Waals surface area contributed by atoms with Crippen molar-refractivity contribution in [3.63, 3.8) is 0 Å².